The third-order valence-electron chi connectivity index (χ3n) is 7.99. The number of amides is 1. The molecule has 0 fully saturated rings. The van der Waals surface area contributed by atoms with E-state index < -0.39 is 5.97 Å². The number of thioether (sulfide) groups is 1. The number of unbranched alkanes of at least 4 members (excludes halogenated alkanes) is 15. The molecule has 0 heterocycles. The Hall–Kier alpha value is -2.47. The number of nitrogens with zero attached hydrogens (tertiary/aromatic N) is 1. The lowest BCUT2D eigenvalue weighted by Crippen LogP contribution is -2.26. The van der Waals surface area contributed by atoms with Gasteiger partial charge < -0.3 is 14.7 Å². The van der Waals surface area contributed by atoms with Crippen LogP contribution in [0.3, 0.4) is 0 Å². The summed E-state index contributed by atoms with van der Waals surface area (Å²) in [6.07, 6.45) is 24.6. The standard InChI is InChI=1S/C36H55NO4S/c1-4-5-6-7-8-9-10-11-12-13-14-15-16-17-18-19-28-41-32-24-20-30(21-25-32)22-27-35(38)37(2)31-23-26-34(42-3)33(29-31)36(39)40/h20-21,23-26,29H,4-19,22,27-28H2,1-3H3,(H,39,40). The number of carboxylic acids is 1. The lowest BCUT2D eigenvalue weighted by Gasteiger charge is -2.19. The van der Waals surface area contributed by atoms with Gasteiger partial charge in [-0.25, -0.2) is 4.79 Å². The van der Waals surface area contributed by atoms with Gasteiger partial charge in [0.25, 0.3) is 0 Å². The number of rotatable bonds is 24. The number of hydrogen-bond acceptors (Lipinski definition) is 4. The predicted molar refractivity (Wildman–Crippen MR) is 178 cm³/mol. The second kappa shape index (κ2) is 22.1. The maximum absolute atomic E-state index is 12.8. The van der Waals surface area contributed by atoms with Crippen LogP contribution in [0, 0.1) is 0 Å². The van der Waals surface area contributed by atoms with Crippen molar-refractivity contribution in [1.29, 1.82) is 0 Å². The molecule has 0 atom stereocenters. The Kier molecular flexibility index (Phi) is 18.8. The van der Waals surface area contributed by atoms with Crippen LogP contribution in [0.25, 0.3) is 0 Å². The molecular weight excluding hydrogens is 542 g/mol. The fourth-order valence-corrected chi connectivity index (χ4v) is 5.80. The minimum Gasteiger partial charge on any atom is -0.494 e. The number of ether oxygens (including phenoxy) is 1. The van der Waals surface area contributed by atoms with Crippen molar-refractivity contribution in [1.82, 2.24) is 0 Å². The van der Waals surface area contributed by atoms with Gasteiger partial charge in [0.1, 0.15) is 5.75 Å². The van der Waals surface area contributed by atoms with E-state index in [2.05, 4.69) is 6.92 Å². The molecular formula is C36H55NO4S. The molecule has 0 aliphatic carbocycles. The molecule has 0 radical (unpaired) electrons. The number of carbonyl (C=O) groups excluding carboxylic acids is 1. The Bertz CT molecular complexity index is 1020. The Morgan fingerprint density at radius 1 is 0.762 bits per heavy atom. The summed E-state index contributed by atoms with van der Waals surface area (Å²) >= 11 is 1.38. The van der Waals surface area contributed by atoms with Gasteiger partial charge in [0.2, 0.25) is 5.91 Å². The van der Waals surface area contributed by atoms with Crippen LogP contribution in [0.1, 0.15) is 132 Å². The molecule has 0 aromatic heterocycles. The quantitative estimate of drug-likeness (QED) is 0.0963. The van der Waals surface area contributed by atoms with Crippen LogP contribution in [0.2, 0.25) is 0 Å². The number of hydrogen-bond donors (Lipinski definition) is 1. The van der Waals surface area contributed by atoms with Crippen LogP contribution in [0.5, 0.6) is 5.75 Å². The summed E-state index contributed by atoms with van der Waals surface area (Å²) in [6.45, 7) is 3.03. The van der Waals surface area contributed by atoms with Crippen LogP contribution in [0.15, 0.2) is 47.4 Å². The van der Waals surface area contributed by atoms with Crippen LogP contribution >= 0.6 is 11.8 Å². The summed E-state index contributed by atoms with van der Waals surface area (Å²) in [5.74, 6) is -0.163. The Labute approximate surface area is 259 Å². The van der Waals surface area contributed by atoms with E-state index in [4.69, 9.17) is 4.74 Å². The molecule has 2 aromatic carbocycles. The van der Waals surface area contributed by atoms with Crippen molar-refractivity contribution in [2.45, 2.75) is 127 Å². The van der Waals surface area contributed by atoms with E-state index >= 15 is 0 Å². The highest BCUT2D eigenvalue weighted by Crippen LogP contribution is 2.26. The first-order valence-electron chi connectivity index (χ1n) is 16.4. The summed E-state index contributed by atoms with van der Waals surface area (Å²) in [7, 11) is 1.69. The average Bonchev–Trinajstić information content (AvgIpc) is 3.01. The van der Waals surface area contributed by atoms with E-state index in [-0.39, 0.29) is 11.5 Å². The van der Waals surface area contributed by atoms with Gasteiger partial charge in [-0.05, 0) is 55.0 Å². The smallest absolute Gasteiger partial charge is 0.336 e. The Morgan fingerprint density at radius 2 is 1.29 bits per heavy atom. The van der Waals surface area contributed by atoms with Crippen LogP contribution < -0.4 is 9.64 Å². The average molecular weight is 598 g/mol. The van der Waals surface area contributed by atoms with Gasteiger partial charge in [0.15, 0.2) is 0 Å². The predicted octanol–water partition coefficient (Wildman–Crippen LogP) is 10.3. The van der Waals surface area contributed by atoms with Crippen molar-refractivity contribution < 1.29 is 19.4 Å². The molecule has 0 saturated heterocycles. The third kappa shape index (κ3) is 14.6. The highest BCUT2D eigenvalue weighted by atomic mass is 32.2. The van der Waals surface area contributed by atoms with Gasteiger partial charge in [-0.1, -0.05) is 115 Å². The number of carbonyl (C=O) groups is 2. The summed E-state index contributed by atoms with van der Waals surface area (Å²) in [5, 5.41) is 9.46. The summed E-state index contributed by atoms with van der Waals surface area (Å²) in [6, 6.07) is 13.1. The van der Waals surface area contributed by atoms with Crippen LogP contribution in [-0.2, 0) is 11.2 Å². The molecule has 5 nitrogen and oxygen atoms in total. The molecule has 2 aromatic rings. The van der Waals surface area contributed by atoms with Crippen molar-refractivity contribution in [3.8, 4) is 5.75 Å². The second-order valence-electron chi connectivity index (χ2n) is 11.4. The van der Waals surface area contributed by atoms with Crippen molar-refractivity contribution in [2.24, 2.45) is 0 Å². The first kappa shape index (κ1) is 35.7. The van der Waals surface area contributed by atoms with Gasteiger partial charge in [-0.3, -0.25) is 4.79 Å². The molecule has 0 aliphatic rings. The minimum atomic E-state index is -0.987. The monoisotopic (exact) mass is 597 g/mol. The zero-order valence-corrected chi connectivity index (χ0v) is 27.3. The fraction of sp³-hybridized carbons (Fsp3) is 0.611. The number of aryl methyl sites for hydroxylation is 1. The van der Waals surface area contributed by atoms with E-state index in [0.717, 1.165) is 24.3 Å². The van der Waals surface area contributed by atoms with E-state index in [9.17, 15) is 14.7 Å². The largest absolute Gasteiger partial charge is 0.494 e. The van der Waals surface area contributed by atoms with Gasteiger partial charge in [-0.2, -0.15) is 0 Å². The molecule has 0 unspecified atom stereocenters. The van der Waals surface area contributed by atoms with Gasteiger partial charge in [0, 0.05) is 24.1 Å². The normalized spacial score (nSPS) is 11.0. The van der Waals surface area contributed by atoms with Crippen LogP contribution in [-0.4, -0.2) is 36.9 Å². The van der Waals surface area contributed by atoms with Crippen molar-refractivity contribution in [2.75, 3.05) is 24.8 Å². The van der Waals surface area contributed by atoms with Gasteiger partial charge in [-0.15, -0.1) is 11.8 Å². The van der Waals surface area contributed by atoms with Crippen molar-refractivity contribution in [3.63, 3.8) is 0 Å². The molecule has 1 N–H and O–H groups in total. The number of benzene rings is 2. The van der Waals surface area contributed by atoms with Crippen molar-refractivity contribution in [3.05, 3.63) is 53.6 Å². The lowest BCUT2D eigenvalue weighted by molar-refractivity contribution is -0.118. The molecule has 234 valence electrons. The number of aromatic carboxylic acids is 1. The van der Waals surface area contributed by atoms with Crippen LogP contribution in [0.4, 0.5) is 5.69 Å². The molecule has 1 amide bonds. The second-order valence-corrected chi connectivity index (χ2v) is 12.3. The zero-order chi connectivity index (χ0) is 30.4. The Morgan fingerprint density at radius 3 is 1.79 bits per heavy atom. The molecule has 0 saturated carbocycles. The molecule has 0 bridgehead atoms. The Balaban J connectivity index is 1.51. The van der Waals surface area contributed by atoms with Gasteiger partial charge >= 0.3 is 5.97 Å². The summed E-state index contributed by atoms with van der Waals surface area (Å²) in [5.41, 5.74) is 1.89. The SMILES string of the molecule is CCCCCCCCCCCCCCCCCCOc1ccc(CCC(=O)N(C)c2ccc(SC)c(C(=O)O)c2)cc1. The third-order valence-corrected chi connectivity index (χ3v) is 8.79. The molecule has 0 spiro atoms. The van der Waals surface area contributed by atoms with E-state index in [1.807, 2.05) is 30.5 Å². The molecule has 6 heteroatoms. The maximum Gasteiger partial charge on any atom is 0.336 e. The molecule has 0 aliphatic heterocycles. The topological polar surface area (TPSA) is 66.8 Å². The van der Waals surface area contributed by atoms with E-state index in [0.29, 0.717) is 23.4 Å². The molecule has 42 heavy (non-hydrogen) atoms. The first-order chi connectivity index (χ1) is 20.5. The number of anilines is 1. The van der Waals surface area contributed by atoms with Crippen molar-refractivity contribution >= 4 is 29.3 Å². The van der Waals surface area contributed by atoms with Gasteiger partial charge in [0.05, 0.1) is 12.2 Å². The fourth-order valence-electron chi connectivity index (χ4n) is 5.23. The minimum absolute atomic E-state index is 0.0490. The molecule has 2 rings (SSSR count). The summed E-state index contributed by atoms with van der Waals surface area (Å²) in [4.78, 5) is 26.5. The maximum atomic E-state index is 12.8. The van der Waals surface area contributed by atoms with E-state index in [1.54, 1.807) is 25.2 Å². The highest BCUT2D eigenvalue weighted by molar-refractivity contribution is 7.98. The number of carboxylic acid groups (broad SMARTS) is 1. The lowest BCUT2D eigenvalue weighted by atomic mass is 10.0. The zero-order valence-electron chi connectivity index (χ0n) is 26.5. The highest BCUT2D eigenvalue weighted by Gasteiger charge is 2.16. The summed E-state index contributed by atoms with van der Waals surface area (Å²) < 4.78 is 5.93. The van der Waals surface area contributed by atoms with E-state index in [1.165, 1.54) is 113 Å². The first-order valence-corrected chi connectivity index (χ1v) is 17.6.